The van der Waals surface area contributed by atoms with E-state index in [1.807, 2.05) is 66.9 Å². The molecule has 0 aliphatic heterocycles. The van der Waals surface area contributed by atoms with Crippen molar-refractivity contribution in [2.24, 2.45) is 0 Å². The molecule has 0 fully saturated rings. The van der Waals surface area contributed by atoms with Gasteiger partial charge >= 0.3 is 0 Å². The summed E-state index contributed by atoms with van der Waals surface area (Å²) in [6, 6.07) is 55.1. The number of rotatable bonds is 8. The Bertz CT molecular complexity index is 2140. The van der Waals surface area contributed by atoms with Gasteiger partial charge in [-0.05, 0) is 87.9 Å². The molecule has 50 heavy (non-hydrogen) atoms. The van der Waals surface area contributed by atoms with Crippen LogP contribution >= 0.6 is 0 Å². The summed E-state index contributed by atoms with van der Waals surface area (Å²) in [6.07, 6.45) is 2.69. The molecule has 0 spiro atoms. The molecule has 4 nitrogen and oxygen atoms in total. The number of benzene rings is 5. The van der Waals surface area contributed by atoms with E-state index in [0.717, 1.165) is 51.6 Å². The van der Waals surface area contributed by atoms with Crippen molar-refractivity contribution < 1.29 is 26.2 Å². The van der Waals surface area contributed by atoms with E-state index in [2.05, 4.69) is 117 Å². The Morgan fingerprint density at radius 1 is 0.640 bits per heavy atom. The van der Waals surface area contributed by atoms with Crippen molar-refractivity contribution in [1.29, 1.82) is 0 Å². The molecule has 0 saturated heterocycles. The number of hydrogen-bond donors (Lipinski definition) is 1. The Kier molecular flexibility index (Phi) is 10.4. The van der Waals surface area contributed by atoms with Crippen LogP contribution in [0.3, 0.4) is 0 Å². The minimum atomic E-state index is -0.155. The molecule has 0 amide bonds. The van der Waals surface area contributed by atoms with E-state index in [4.69, 9.17) is 9.97 Å². The van der Waals surface area contributed by atoms with Crippen LogP contribution in [0.25, 0.3) is 33.6 Å². The van der Waals surface area contributed by atoms with Gasteiger partial charge in [-0.1, -0.05) is 118 Å². The Balaban J connectivity index is 0.00000432. The van der Waals surface area contributed by atoms with Crippen molar-refractivity contribution in [3.8, 4) is 39.4 Å². The minimum absolute atomic E-state index is 0. The molecule has 0 aliphatic rings. The topological polar surface area (TPSA) is 49.3 Å². The molecule has 2 heterocycles. The first-order chi connectivity index (χ1) is 23.8. The van der Waals surface area contributed by atoms with Crippen LogP contribution < -0.4 is 4.90 Å². The summed E-state index contributed by atoms with van der Waals surface area (Å²) in [5.74, 6) is 0.990. The molecule has 0 aliphatic carbocycles. The predicted molar refractivity (Wildman–Crippen MR) is 201 cm³/mol. The van der Waals surface area contributed by atoms with E-state index >= 15 is 0 Å². The largest absolute Gasteiger partial charge is 0.507 e. The van der Waals surface area contributed by atoms with Gasteiger partial charge in [0.25, 0.3) is 0 Å². The fourth-order valence-electron chi connectivity index (χ4n) is 6.01. The predicted octanol–water partition coefficient (Wildman–Crippen LogP) is 11.3. The molecular formula is C45H38N3OPt-. The number of aromatic nitrogens is 2. The molecule has 5 heteroatoms. The van der Waals surface area contributed by atoms with Crippen LogP contribution in [0.2, 0.25) is 0 Å². The van der Waals surface area contributed by atoms with E-state index in [0.29, 0.717) is 11.3 Å². The van der Waals surface area contributed by atoms with Crippen LogP contribution in [0.1, 0.15) is 37.5 Å². The van der Waals surface area contributed by atoms with Gasteiger partial charge < -0.3 is 10.0 Å². The number of anilines is 3. The van der Waals surface area contributed by atoms with Gasteiger partial charge in [-0.2, -0.15) is 0 Å². The second-order valence-electron chi connectivity index (χ2n) is 13.3. The molecule has 0 atom stereocenters. The second kappa shape index (κ2) is 15.1. The smallest absolute Gasteiger partial charge is 0.136 e. The maximum Gasteiger partial charge on any atom is 0.136 e. The molecule has 7 aromatic rings. The van der Waals surface area contributed by atoms with Crippen molar-refractivity contribution in [3.05, 3.63) is 181 Å². The van der Waals surface area contributed by atoms with Crippen molar-refractivity contribution in [2.75, 3.05) is 4.90 Å². The van der Waals surface area contributed by atoms with Crippen LogP contribution in [-0.2, 0) is 32.9 Å². The molecule has 5 aromatic carbocycles. The van der Waals surface area contributed by atoms with Gasteiger partial charge in [-0.3, -0.25) is 4.98 Å². The normalized spacial score (nSPS) is 11.1. The number of nitrogens with zero attached hydrogens (tertiary/aromatic N) is 3. The first-order valence-electron chi connectivity index (χ1n) is 16.6. The molecule has 7 rings (SSSR count). The Morgan fingerprint density at radius 2 is 1.28 bits per heavy atom. The summed E-state index contributed by atoms with van der Waals surface area (Å²) in [5.41, 5.74) is 10.5. The fourth-order valence-corrected chi connectivity index (χ4v) is 6.01. The Morgan fingerprint density at radius 3 is 1.96 bits per heavy atom. The van der Waals surface area contributed by atoms with Crippen molar-refractivity contribution in [1.82, 2.24) is 9.97 Å². The van der Waals surface area contributed by atoms with Gasteiger partial charge in [0.15, 0.2) is 0 Å². The second-order valence-corrected chi connectivity index (χ2v) is 13.3. The standard InChI is InChI=1S/C45H38N3O.Pt/c1-45(2,3)37-27-36(28-39(31-37)48(38-16-8-5-9-17-38)44-20-12-13-25-46-44)41-29-35(30-42(47-41)40-18-10-11-19-43(40)49)34-23-21-33(22-24-34)26-32-14-6-4-7-15-32;/h4-25,27,29-31,49H,26H2,1-3H3;/q-1;. The van der Waals surface area contributed by atoms with Crippen LogP contribution in [-0.4, -0.2) is 15.1 Å². The zero-order valence-electron chi connectivity index (χ0n) is 28.3. The third kappa shape index (κ3) is 7.77. The summed E-state index contributed by atoms with van der Waals surface area (Å²) in [5, 5.41) is 10.9. The SMILES string of the molecule is CC(C)(C)c1cc(-c2cc(-c3ccc(Cc4ccccc4)cc3)cc(-c3ccccc3O)n2)[c-]c(N(c2ccccc2)c2ccccn2)c1.[Pt]. The molecule has 2 aromatic heterocycles. The van der Waals surface area contributed by atoms with E-state index in [9.17, 15) is 5.11 Å². The van der Waals surface area contributed by atoms with Crippen LogP contribution in [0.15, 0.2) is 158 Å². The Labute approximate surface area is 309 Å². The zero-order valence-corrected chi connectivity index (χ0v) is 30.6. The van der Waals surface area contributed by atoms with Gasteiger partial charge in [0.05, 0.1) is 5.69 Å². The molecule has 0 bridgehead atoms. The molecule has 0 saturated carbocycles. The average Bonchev–Trinajstić information content (AvgIpc) is 3.13. The van der Waals surface area contributed by atoms with E-state index in [1.165, 1.54) is 11.1 Å². The summed E-state index contributed by atoms with van der Waals surface area (Å²) in [4.78, 5) is 12.1. The summed E-state index contributed by atoms with van der Waals surface area (Å²) < 4.78 is 0. The minimum Gasteiger partial charge on any atom is -0.507 e. The van der Waals surface area contributed by atoms with Gasteiger partial charge in [-0.25, -0.2) is 4.98 Å². The molecular weight excluding hydrogens is 794 g/mol. The van der Waals surface area contributed by atoms with Crippen molar-refractivity contribution in [3.63, 3.8) is 0 Å². The fraction of sp³-hybridized carbons (Fsp3) is 0.111. The molecule has 0 unspecified atom stereocenters. The maximum absolute atomic E-state index is 10.9. The van der Waals surface area contributed by atoms with Crippen LogP contribution in [0, 0.1) is 6.07 Å². The van der Waals surface area contributed by atoms with Gasteiger partial charge in [0.2, 0.25) is 0 Å². The monoisotopic (exact) mass is 831 g/mol. The van der Waals surface area contributed by atoms with E-state index in [-0.39, 0.29) is 32.2 Å². The number of pyridine rings is 2. The van der Waals surface area contributed by atoms with E-state index < -0.39 is 0 Å². The third-order valence-electron chi connectivity index (χ3n) is 8.67. The van der Waals surface area contributed by atoms with Gasteiger partial charge in [0.1, 0.15) is 11.6 Å². The number of phenolic OH excluding ortho intramolecular Hbond substituents is 1. The van der Waals surface area contributed by atoms with Crippen LogP contribution in [0.4, 0.5) is 17.2 Å². The first kappa shape index (κ1) is 34.5. The number of para-hydroxylation sites is 2. The summed E-state index contributed by atoms with van der Waals surface area (Å²) in [6.45, 7) is 6.66. The van der Waals surface area contributed by atoms with Gasteiger partial charge in [-0.15, -0.1) is 29.3 Å². The number of hydrogen-bond acceptors (Lipinski definition) is 4. The molecule has 250 valence electrons. The van der Waals surface area contributed by atoms with Crippen LogP contribution in [0.5, 0.6) is 5.75 Å². The van der Waals surface area contributed by atoms with E-state index in [1.54, 1.807) is 6.07 Å². The quantitative estimate of drug-likeness (QED) is 0.155. The van der Waals surface area contributed by atoms with Crippen molar-refractivity contribution in [2.45, 2.75) is 32.6 Å². The first-order valence-corrected chi connectivity index (χ1v) is 16.6. The third-order valence-corrected chi connectivity index (χ3v) is 8.67. The molecule has 1 N–H and O–H groups in total. The summed E-state index contributed by atoms with van der Waals surface area (Å²) >= 11 is 0. The maximum atomic E-state index is 10.9. The zero-order chi connectivity index (χ0) is 33.8. The van der Waals surface area contributed by atoms with Gasteiger partial charge in [0, 0.05) is 38.5 Å². The summed E-state index contributed by atoms with van der Waals surface area (Å²) in [7, 11) is 0. The number of phenols is 1. The Hall–Kier alpha value is -5.31. The number of aromatic hydroxyl groups is 1. The van der Waals surface area contributed by atoms with Crippen molar-refractivity contribution >= 4 is 17.2 Å². The molecule has 0 radical (unpaired) electrons. The average molecular weight is 832 g/mol.